The fourth-order valence-corrected chi connectivity index (χ4v) is 10.5. The van der Waals surface area contributed by atoms with E-state index >= 15 is 0 Å². The van der Waals surface area contributed by atoms with Gasteiger partial charge in [-0.2, -0.15) is 0 Å². The molecule has 0 bridgehead atoms. The lowest BCUT2D eigenvalue weighted by Crippen LogP contribution is -2.20. The van der Waals surface area contributed by atoms with Crippen LogP contribution in [0.2, 0.25) is 0 Å². The summed E-state index contributed by atoms with van der Waals surface area (Å²) in [6.07, 6.45) is 21.0. The Kier molecular flexibility index (Phi) is 7.21. The summed E-state index contributed by atoms with van der Waals surface area (Å²) in [6.45, 7) is 0. The first-order chi connectivity index (χ1) is 24.7. The Morgan fingerprint density at radius 1 is 0.740 bits per heavy atom. The SMILES string of the molecule is [SiH3]c1ccc2c(oc3ccccc32)c1-c1ccc(N(C2=CC3c4ccccc4SC3C=C2)c2ccc(C3CC=C4C=CC=CC4C3)cc2)cc1. The summed E-state index contributed by atoms with van der Waals surface area (Å²) in [5, 5.41) is 4.15. The summed E-state index contributed by atoms with van der Waals surface area (Å²) in [5.74, 6) is 1.43. The van der Waals surface area contributed by atoms with Crippen molar-refractivity contribution in [1.29, 1.82) is 0 Å². The molecule has 2 nitrogen and oxygen atoms in total. The Labute approximate surface area is 300 Å². The smallest absolute Gasteiger partial charge is 0.143 e. The third-order valence-corrected chi connectivity index (χ3v) is 13.3. The van der Waals surface area contributed by atoms with E-state index in [9.17, 15) is 0 Å². The van der Waals surface area contributed by atoms with Crippen molar-refractivity contribution < 1.29 is 4.42 Å². The first kappa shape index (κ1) is 29.8. The minimum atomic E-state index is 0.358. The zero-order valence-electron chi connectivity index (χ0n) is 28.0. The first-order valence-corrected chi connectivity index (χ1v) is 19.7. The van der Waals surface area contributed by atoms with Crippen LogP contribution in [0.4, 0.5) is 11.4 Å². The molecule has 6 aromatic rings. The van der Waals surface area contributed by atoms with Crippen molar-refractivity contribution in [3.8, 4) is 11.1 Å². The Hall–Kier alpha value is -5.03. The van der Waals surface area contributed by atoms with Crippen LogP contribution in [0.15, 0.2) is 178 Å². The summed E-state index contributed by atoms with van der Waals surface area (Å²) in [6, 6.07) is 40.4. The number of allylic oxidation sites excluding steroid dienone is 8. The van der Waals surface area contributed by atoms with E-state index in [0.29, 0.717) is 23.0 Å². The molecule has 1 aromatic heterocycles. The molecule has 4 aliphatic rings. The van der Waals surface area contributed by atoms with E-state index in [0.717, 1.165) is 33.5 Å². The molecule has 0 radical (unpaired) electrons. The van der Waals surface area contributed by atoms with Gasteiger partial charge in [-0.25, -0.2) is 0 Å². The third kappa shape index (κ3) is 5.00. The molecule has 0 saturated heterocycles. The van der Waals surface area contributed by atoms with Crippen LogP contribution in [-0.2, 0) is 0 Å². The van der Waals surface area contributed by atoms with Crippen LogP contribution in [0.5, 0.6) is 0 Å². The highest BCUT2D eigenvalue weighted by molar-refractivity contribution is 8.00. The highest BCUT2D eigenvalue weighted by atomic mass is 32.2. The molecule has 5 aromatic carbocycles. The number of benzene rings is 5. The first-order valence-electron chi connectivity index (χ1n) is 17.8. The Morgan fingerprint density at radius 2 is 1.54 bits per heavy atom. The summed E-state index contributed by atoms with van der Waals surface area (Å²) in [4.78, 5) is 3.85. The van der Waals surface area contributed by atoms with E-state index in [4.69, 9.17) is 4.42 Å². The Bertz CT molecular complexity index is 2450. The van der Waals surface area contributed by atoms with E-state index in [2.05, 4.69) is 163 Å². The fourth-order valence-electron chi connectivity index (χ4n) is 8.54. The summed E-state index contributed by atoms with van der Waals surface area (Å²) in [7, 11) is 0.940. The molecule has 0 spiro atoms. The number of furan rings is 1. The van der Waals surface area contributed by atoms with E-state index in [1.54, 1.807) is 0 Å². The molecule has 10 rings (SSSR count). The van der Waals surface area contributed by atoms with E-state index in [1.165, 1.54) is 66.5 Å². The molecule has 0 saturated carbocycles. The maximum atomic E-state index is 6.50. The average Bonchev–Trinajstić information content (AvgIpc) is 3.73. The van der Waals surface area contributed by atoms with Crippen molar-refractivity contribution in [2.75, 3.05) is 4.90 Å². The number of hydrogen-bond acceptors (Lipinski definition) is 3. The lowest BCUT2D eigenvalue weighted by Gasteiger charge is -2.31. The second kappa shape index (κ2) is 12.1. The summed E-state index contributed by atoms with van der Waals surface area (Å²) >= 11 is 1.99. The van der Waals surface area contributed by atoms with Crippen LogP contribution >= 0.6 is 11.8 Å². The number of fused-ring (bicyclic) bond motifs is 7. The number of para-hydroxylation sites is 1. The number of anilines is 2. The van der Waals surface area contributed by atoms with Gasteiger partial charge in [-0.1, -0.05) is 121 Å². The van der Waals surface area contributed by atoms with Gasteiger partial charge in [-0.15, -0.1) is 11.8 Å². The van der Waals surface area contributed by atoms with Gasteiger partial charge in [0.1, 0.15) is 11.2 Å². The van der Waals surface area contributed by atoms with Crippen LogP contribution in [0.25, 0.3) is 33.1 Å². The van der Waals surface area contributed by atoms with Gasteiger partial charge >= 0.3 is 0 Å². The van der Waals surface area contributed by atoms with Crippen molar-refractivity contribution in [3.63, 3.8) is 0 Å². The van der Waals surface area contributed by atoms with Crippen LogP contribution in [0, 0.1) is 5.92 Å². The van der Waals surface area contributed by atoms with Gasteiger partial charge in [0.15, 0.2) is 0 Å². The minimum absolute atomic E-state index is 0.358. The largest absolute Gasteiger partial charge is 0.455 e. The topological polar surface area (TPSA) is 16.4 Å². The van der Waals surface area contributed by atoms with Crippen LogP contribution in [0.1, 0.15) is 35.8 Å². The molecule has 3 aliphatic carbocycles. The second-order valence-electron chi connectivity index (χ2n) is 14.0. The third-order valence-electron chi connectivity index (χ3n) is 11.1. The average molecular weight is 680 g/mol. The zero-order valence-corrected chi connectivity index (χ0v) is 30.8. The lowest BCUT2D eigenvalue weighted by molar-refractivity contribution is 0.531. The molecule has 1 aliphatic heterocycles. The molecular formula is C46H37NOSSi. The Balaban J connectivity index is 1.04. The molecule has 4 unspecified atom stereocenters. The van der Waals surface area contributed by atoms with Crippen molar-refractivity contribution in [2.45, 2.75) is 34.8 Å². The van der Waals surface area contributed by atoms with Crippen LogP contribution in [0.3, 0.4) is 0 Å². The molecule has 0 N–H and O–H groups in total. The molecule has 0 amide bonds. The number of thioether (sulfide) groups is 1. The van der Waals surface area contributed by atoms with Gasteiger partial charge in [-0.3, -0.25) is 0 Å². The summed E-state index contributed by atoms with van der Waals surface area (Å²) < 4.78 is 6.50. The van der Waals surface area contributed by atoms with Gasteiger partial charge in [0, 0.05) is 65.6 Å². The van der Waals surface area contributed by atoms with Crippen LogP contribution in [-0.4, -0.2) is 15.5 Å². The molecule has 2 heterocycles. The molecule has 4 heteroatoms. The lowest BCUT2D eigenvalue weighted by atomic mass is 9.76. The molecule has 242 valence electrons. The quantitative estimate of drug-likeness (QED) is 0.169. The van der Waals surface area contributed by atoms with Crippen molar-refractivity contribution in [1.82, 2.24) is 0 Å². The van der Waals surface area contributed by atoms with E-state index < -0.39 is 0 Å². The highest BCUT2D eigenvalue weighted by Crippen LogP contribution is 2.50. The predicted molar refractivity (Wildman–Crippen MR) is 215 cm³/mol. The molecule has 0 fully saturated rings. The molecular weight excluding hydrogens is 643 g/mol. The van der Waals surface area contributed by atoms with Gasteiger partial charge in [-0.05, 0) is 83.5 Å². The van der Waals surface area contributed by atoms with Gasteiger partial charge in [0.25, 0.3) is 0 Å². The maximum absolute atomic E-state index is 6.50. The second-order valence-corrected chi connectivity index (χ2v) is 16.3. The van der Waals surface area contributed by atoms with Crippen molar-refractivity contribution in [3.05, 3.63) is 180 Å². The maximum Gasteiger partial charge on any atom is 0.143 e. The number of rotatable bonds is 5. The normalized spacial score (nSPS) is 21.9. The Morgan fingerprint density at radius 3 is 2.42 bits per heavy atom. The van der Waals surface area contributed by atoms with Crippen molar-refractivity contribution >= 4 is 60.5 Å². The summed E-state index contributed by atoms with van der Waals surface area (Å²) in [5.41, 5.74) is 12.3. The highest BCUT2D eigenvalue weighted by Gasteiger charge is 2.33. The van der Waals surface area contributed by atoms with E-state index in [-0.39, 0.29) is 0 Å². The van der Waals surface area contributed by atoms with Crippen molar-refractivity contribution in [2.24, 2.45) is 5.92 Å². The number of hydrogen-bond donors (Lipinski definition) is 0. The van der Waals surface area contributed by atoms with Gasteiger partial charge in [0.05, 0.1) is 0 Å². The standard InChI is InChI=1S/C46H37NOSSi/c50-44-26-24-39-37-9-3-5-11-41(37)48-46(39)45(44)31-17-21-35(22-18-31)47(36-23-25-43-40(28-36)38-10-4-6-12-42(38)49-43)34-19-15-30(16-20-34)33-14-13-29-7-1-2-8-32(29)27-33/h1-13,15-26,28,32-33,40,43H,14,27H2,50H3. The predicted octanol–water partition coefficient (Wildman–Crippen LogP) is 10.6. The molecule has 50 heavy (non-hydrogen) atoms. The van der Waals surface area contributed by atoms with Crippen LogP contribution < -0.4 is 10.1 Å². The van der Waals surface area contributed by atoms with Gasteiger partial charge in [0.2, 0.25) is 0 Å². The van der Waals surface area contributed by atoms with Gasteiger partial charge < -0.3 is 9.32 Å². The zero-order chi connectivity index (χ0) is 33.2. The number of nitrogens with zero attached hydrogens (tertiary/aromatic N) is 1. The monoisotopic (exact) mass is 679 g/mol. The minimum Gasteiger partial charge on any atom is -0.455 e. The molecule has 4 atom stereocenters. The fraction of sp³-hybridized carbons (Fsp3) is 0.130. The van der Waals surface area contributed by atoms with E-state index in [1.807, 2.05) is 11.8 Å².